The van der Waals surface area contributed by atoms with Gasteiger partial charge >= 0.3 is 0 Å². The average molecular weight is 340 g/mol. The van der Waals surface area contributed by atoms with Crippen molar-refractivity contribution >= 4 is 21.8 Å². The summed E-state index contributed by atoms with van der Waals surface area (Å²) < 4.78 is 1.11. The second kappa shape index (κ2) is 7.20. The minimum atomic E-state index is -0.190. The molecule has 1 heterocycles. The van der Waals surface area contributed by atoms with Gasteiger partial charge in [-0.05, 0) is 43.5 Å². The van der Waals surface area contributed by atoms with Crippen LogP contribution in [0.5, 0.6) is 0 Å². The van der Waals surface area contributed by atoms with Gasteiger partial charge in [0.2, 0.25) is 5.91 Å². The highest BCUT2D eigenvalue weighted by Gasteiger charge is 2.26. The molecule has 1 atom stereocenters. The van der Waals surface area contributed by atoms with Crippen LogP contribution in [-0.2, 0) is 4.79 Å². The molecule has 0 aliphatic carbocycles. The third-order valence-electron chi connectivity index (χ3n) is 4.07. The number of nitrogens with two attached hydrogens (primary N) is 2. The summed E-state index contributed by atoms with van der Waals surface area (Å²) in [6.07, 6.45) is 2.55. The molecular weight excluding hydrogens is 318 g/mol. The first-order valence-corrected chi connectivity index (χ1v) is 7.88. The summed E-state index contributed by atoms with van der Waals surface area (Å²) in [7, 11) is 0. The van der Waals surface area contributed by atoms with E-state index in [1.165, 1.54) is 5.56 Å². The van der Waals surface area contributed by atoms with Crippen molar-refractivity contribution in [2.75, 3.05) is 19.6 Å². The maximum absolute atomic E-state index is 11.0. The van der Waals surface area contributed by atoms with Crippen LogP contribution in [0.25, 0.3) is 0 Å². The number of hydrogen-bond donors (Lipinski definition) is 2. The Kier molecular flexibility index (Phi) is 5.57. The second-order valence-corrected chi connectivity index (χ2v) is 6.28. The number of piperidine rings is 1. The van der Waals surface area contributed by atoms with Crippen molar-refractivity contribution in [1.29, 1.82) is 0 Å². The van der Waals surface area contributed by atoms with Crippen molar-refractivity contribution in [3.63, 3.8) is 0 Å². The lowest BCUT2D eigenvalue weighted by Gasteiger charge is -2.37. The van der Waals surface area contributed by atoms with Crippen LogP contribution in [0, 0.1) is 5.92 Å². The van der Waals surface area contributed by atoms with E-state index in [1.807, 2.05) is 12.1 Å². The number of likely N-dealkylation sites (tertiary alicyclic amines) is 1. The van der Waals surface area contributed by atoms with Crippen molar-refractivity contribution in [1.82, 2.24) is 4.90 Å². The number of hydrogen-bond acceptors (Lipinski definition) is 3. The van der Waals surface area contributed by atoms with Gasteiger partial charge in [0.05, 0.1) is 0 Å². The maximum Gasteiger partial charge on any atom is 0.217 e. The normalized spacial score (nSPS) is 18.9. The van der Waals surface area contributed by atoms with Crippen LogP contribution in [0.1, 0.15) is 30.9 Å². The molecule has 4 N–H and O–H groups in total. The Bertz CT molecular complexity index is 458. The number of amides is 1. The molecule has 1 aliphatic heterocycles. The molecule has 2 rings (SSSR count). The van der Waals surface area contributed by atoms with Crippen molar-refractivity contribution in [3.05, 3.63) is 34.3 Å². The fourth-order valence-electron chi connectivity index (χ4n) is 2.97. The van der Waals surface area contributed by atoms with E-state index in [1.54, 1.807) is 0 Å². The summed E-state index contributed by atoms with van der Waals surface area (Å²) >= 11 is 3.61. The fraction of sp³-hybridized carbons (Fsp3) is 0.533. The Morgan fingerprint density at radius 1 is 1.35 bits per heavy atom. The predicted molar refractivity (Wildman–Crippen MR) is 84.0 cm³/mol. The summed E-state index contributed by atoms with van der Waals surface area (Å²) in [5.74, 6) is 0.242. The zero-order valence-corrected chi connectivity index (χ0v) is 13.2. The minimum absolute atomic E-state index is 0.190. The average Bonchev–Trinajstić information content (AvgIpc) is 2.43. The molecule has 1 saturated heterocycles. The van der Waals surface area contributed by atoms with Crippen molar-refractivity contribution in [2.45, 2.75) is 25.3 Å². The summed E-state index contributed by atoms with van der Waals surface area (Å²) in [5.41, 5.74) is 12.5. The van der Waals surface area contributed by atoms with Gasteiger partial charge in [-0.1, -0.05) is 34.1 Å². The van der Waals surface area contributed by atoms with Crippen molar-refractivity contribution < 1.29 is 4.79 Å². The SMILES string of the molecule is NCC(c1ccccc1Br)N1CCC(CC(N)=O)CC1. The minimum Gasteiger partial charge on any atom is -0.370 e. The Morgan fingerprint density at radius 3 is 2.55 bits per heavy atom. The monoisotopic (exact) mass is 339 g/mol. The van der Waals surface area contributed by atoms with Crippen LogP contribution in [0.2, 0.25) is 0 Å². The summed E-state index contributed by atoms with van der Waals surface area (Å²) in [4.78, 5) is 13.4. The van der Waals surface area contributed by atoms with Crippen LogP contribution in [0.4, 0.5) is 0 Å². The van der Waals surface area contributed by atoms with Gasteiger partial charge in [-0.15, -0.1) is 0 Å². The molecule has 0 saturated carbocycles. The highest BCUT2D eigenvalue weighted by atomic mass is 79.9. The van der Waals surface area contributed by atoms with Crippen molar-refractivity contribution in [2.24, 2.45) is 17.4 Å². The molecule has 4 nitrogen and oxygen atoms in total. The zero-order valence-electron chi connectivity index (χ0n) is 11.6. The maximum atomic E-state index is 11.0. The van der Waals surface area contributed by atoms with E-state index in [9.17, 15) is 4.79 Å². The number of carbonyl (C=O) groups excluding carboxylic acids is 1. The van der Waals surface area contributed by atoms with Gasteiger partial charge in [-0.2, -0.15) is 0 Å². The van der Waals surface area contributed by atoms with Gasteiger partial charge in [0.1, 0.15) is 0 Å². The summed E-state index contributed by atoms with van der Waals surface area (Å²) in [6, 6.07) is 8.47. The molecule has 0 aromatic heterocycles. The quantitative estimate of drug-likeness (QED) is 0.862. The molecule has 0 radical (unpaired) electrons. The molecular formula is C15H22BrN3O. The van der Waals surface area contributed by atoms with Gasteiger partial charge in [0.15, 0.2) is 0 Å². The molecule has 1 fully saturated rings. The Labute approximate surface area is 128 Å². The topological polar surface area (TPSA) is 72.3 Å². The lowest BCUT2D eigenvalue weighted by atomic mass is 9.91. The zero-order chi connectivity index (χ0) is 14.5. The smallest absolute Gasteiger partial charge is 0.217 e. The molecule has 5 heteroatoms. The van der Waals surface area contributed by atoms with E-state index in [2.05, 4.69) is 33.0 Å². The van der Waals surface area contributed by atoms with E-state index in [-0.39, 0.29) is 11.9 Å². The van der Waals surface area contributed by atoms with Crippen LogP contribution in [0.3, 0.4) is 0 Å². The second-order valence-electron chi connectivity index (χ2n) is 5.42. The molecule has 110 valence electrons. The number of carbonyl (C=O) groups is 1. The van der Waals surface area contributed by atoms with Crippen molar-refractivity contribution in [3.8, 4) is 0 Å². The molecule has 1 amide bonds. The number of nitrogens with zero attached hydrogens (tertiary/aromatic N) is 1. The highest BCUT2D eigenvalue weighted by Crippen LogP contribution is 2.31. The molecule has 1 unspecified atom stereocenters. The first-order valence-electron chi connectivity index (χ1n) is 7.08. The number of halogens is 1. The largest absolute Gasteiger partial charge is 0.370 e. The van der Waals surface area contributed by atoms with Gasteiger partial charge in [0.25, 0.3) is 0 Å². The lowest BCUT2D eigenvalue weighted by molar-refractivity contribution is -0.119. The summed E-state index contributed by atoms with van der Waals surface area (Å²) in [6.45, 7) is 2.55. The Balaban J connectivity index is 2.01. The van der Waals surface area contributed by atoms with Crippen LogP contribution in [-0.4, -0.2) is 30.4 Å². The van der Waals surface area contributed by atoms with Gasteiger partial charge in [-0.3, -0.25) is 9.69 Å². The number of benzene rings is 1. The lowest BCUT2D eigenvalue weighted by Crippen LogP contribution is -2.40. The molecule has 1 aliphatic rings. The molecule has 0 bridgehead atoms. The summed E-state index contributed by atoms with van der Waals surface area (Å²) in [5, 5.41) is 0. The molecule has 1 aromatic carbocycles. The van der Waals surface area contributed by atoms with Gasteiger partial charge in [0, 0.05) is 23.5 Å². The highest BCUT2D eigenvalue weighted by molar-refractivity contribution is 9.10. The van der Waals surface area contributed by atoms with Crippen LogP contribution < -0.4 is 11.5 Å². The predicted octanol–water partition coefficient (Wildman–Crippen LogP) is 2.04. The first kappa shape index (κ1) is 15.5. The number of rotatable bonds is 5. The molecule has 20 heavy (non-hydrogen) atoms. The first-order chi connectivity index (χ1) is 9.61. The van der Waals surface area contributed by atoms with Gasteiger partial charge < -0.3 is 11.5 Å². The van der Waals surface area contributed by atoms with E-state index < -0.39 is 0 Å². The number of primary amides is 1. The van der Waals surface area contributed by atoms with E-state index in [0.717, 1.165) is 30.4 Å². The van der Waals surface area contributed by atoms with E-state index >= 15 is 0 Å². The third kappa shape index (κ3) is 3.81. The standard InChI is InChI=1S/C15H22BrN3O/c16-13-4-2-1-3-12(13)14(10-17)19-7-5-11(6-8-19)9-15(18)20/h1-4,11,14H,5-10,17H2,(H2,18,20). The Morgan fingerprint density at radius 2 is 2.00 bits per heavy atom. The fourth-order valence-corrected chi connectivity index (χ4v) is 3.52. The Hall–Kier alpha value is -0.910. The van der Waals surface area contributed by atoms with Gasteiger partial charge in [-0.25, -0.2) is 0 Å². The van der Waals surface area contributed by atoms with E-state index in [0.29, 0.717) is 18.9 Å². The molecule has 0 spiro atoms. The third-order valence-corrected chi connectivity index (χ3v) is 4.79. The van der Waals surface area contributed by atoms with Crippen LogP contribution >= 0.6 is 15.9 Å². The molecule has 1 aromatic rings. The van der Waals surface area contributed by atoms with E-state index in [4.69, 9.17) is 11.5 Å². The van der Waals surface area contributed by atoms with Crippen LogP contribution in [0.15, 0.2) is 28.7 Å².